The van der Waals surface area contributed by atoms with Crippen molar-refractivity contribution in [1.29, 1.82) is 0 Å². The van der Waals surface area contributed by atoms with E-state index in [0.29, 0.717) is 12.8 Å². The zero-order valence-corrected chi connectivity index (χ0v) is 28.2. The molecule has 0 rings (SSSR count). The van der Waals surface area contributed by atoms with Gasteiger partial charge in [-0.2, -0.15) is 0 Å². The molecule has 0 radical (unpaired) electrons. The number of ketones is 1. The number of esters is 1. The van der Waals surface area contributed by atoms with Crippen molar-refractivity contribution in [2.24, 2.45) is 5.73 Å². The normalized spacial score (nSPS) is 14.3. The number of phosphoric ester groups is 1. The van der Waals surface area contributed by atoms with Crippen LogP contribution in [0.4, 0.5) is 0 Å². The highest BCUT2D eigenvalue weighted by Crippen LogP contribution is 2.45. The van der Waals surface area contributed by atoms with Gasteiger partial charge in [0.15, 0.2) is 18.0 Å². The number of hydrogen-bond acceptors (Lipinski definition) is 9. The van der Waals surface area contributed by atoms with Gasteiger partial charge in [-0.15, -0.1) is 0 Å². The highest BCUT2D eigenvalue weighted by molar-refractivity contribution is 7.47. The first-order valence-electron chi connectivity index (χ1n) is 17.0. The third-order valence-electron chi connectivity index (χ3n) is 7.49. The molecule has 0 aromatic rings. The molecule has 2 unspecified atom stereocenters. The summed E-state index contributed by atoms with van der Waals surface area (Å²) in [7, 11) is -2.93. The van der Waals surface area contributed by atoms with Crippen molar-refractivity contribution < 1.29 is 42.7 Å². The van der Waals surface area contributed by atoms with Crippen molar-refractivity contribution in [2.75, 3.05) is 33.5 Å². The van der Waals surface area contributed by atoms with E-state index in [1.165, 1.54) is 64.2 Å². The minimum absolute atomic E-state index is 0.0158. The third kappa shape index (κ3) is 26.1. The minimum Gasteiger partial charge on any atom is -0.457 e. The second kappa shape index (κ2) is 29.8. The SMILES string of the molecule is CCCCCCCCCCCCCC(=O)C(OP(=O)(O)OCCN)[C@H](CO)OC(=O)CCCCCCCCCCCOC. The molecule has 11 heteroatoms. The van der Waals surface area contributed by atoms with Gasteiger partial charge in [0, 0.05) is 33.1 Å². The van der Waals surface area contributed by atoms with E-state index in [1.54, 1.807) is 7.11 Å². The van der Waals surface area contributed by atoms with Crippen LogP contribution < -0.4 is 5.73 Å². The molecule has 0 fully saturated rings. The summed E-state index contributed by atoms with van der Waals surface area (Å²) in [6, 6.07) is 0. The fraction of sp³-hybridized carbons (Fsp3) is 0.938. The molecular weight excluding hydrogens is 573 g/mol. The molecule has 0 aliphatic rings. The Labute approximate surface area is 261 Å². The van der Waals surface area contributed by atoms with Gasteiger partial charge in [0.25, 0.3) is 0 Å². The van der Waals surface area contributed by atoms with E-state index in [0.717, 1.165) is 58.0 Å². The van der Waals surface area contributed by atoms with Crippen molar-refractivity contribution in [2.45, 2.75) is 160 Å². The first-order chi connectivity index (χ1) is 20.8. The van der Waals surface area contributed by atoms with E-state index in [9.17, 15) is 24.2 Å². The Kier molecular flexibility index (Phi) is 29.2. The van der Waals surface area contributed by atoms with Crippen LogP contribution in [0.5, 0.6) is 0 Å². The first-order valence-corrected chi connectivity index (χ1v) is 18.5. The maximum atomic E-state index is 13.0. The molecule has 0 bridgehead atoms. The van der Waals surface area contributed by atoms with Gasteiger partial charge in [-0.25, -0.2) is 4.57 Å². The van der Waals surface area contributed by atoms with Crippen LogP contribution in [0.3, 0.4) is 0 Å². The summed E-state index contributed by atoms with van der Waals surface area (Å²) < 4.78 is 32.8. The lowest BCUT2D eigenvalue weighted by molar-refractivity contribution is -0.161. The lowest BCUT2D eigenvalue weighted by Gasteiger charge is -2.26. The number of aliphatic hydroxyl groups is 1. The summed E-state index contributed by atoms with van der Waals surface area (Å²) in [5, 5.41) is 9.94. The van der Waals surface area contributed by atoms with E-state index in [1.807, 2.05) is 0 Å². The van der Waals surface area contributed by atoms with Gasteiger partial charge in [0.1, 0.15) is 0 Å². The monoisotopic (exact) mass is 637 g/mol. The third-order valence-corrected chi connectivity index (χ3v) is 8.50. The van der Waals surface area contributed by atoms with Gasteiger partial charge in [0.05, 0.1) is 13.2 Å². The lowest BCUT2D eigenvalue weighted by Crippen LogP contribution is -2.41. The Morgan fingerprint density at radius 2 is 1.19 bits per heavy atom. The molecule has 0 amide bonds. The topological polar surface area (TPSA) is 155 Å². The van der Waals surface area contributed by atoms with Gasteiger partial charge < -0.3 is 25.2 Å². The Balaban J connectivity index is 4.57. The van der Waals surface area contributed by atoms with Crippen molar-refractivity contribution in [1.82, 2.24) is 0 Å². The minimum atomic E-state index is -4.65. The van der Waals surface area contributed by atoms with Crippen molar-refractivity contribution >= 4 is 19.6 Å². The summed E-state index contributed by atoms with van der Waals surface area (Å²) in [6.45, 7) is 2.05. The number of methoxy groups -OCH3 is 1. The second-order valence-electron chi connectivity index (χ2n) is 11.5. The van der Waals surface area contributed by atoms with Gasteiger partial charge >= 0.3 is 13.8 Å². The summed E-state index contributed by atoms with van der Waals surface area (Å²) in [4.78, 5) is 35.7. The molecule has 43 heavy (non-hydrogen) atoms. The van der Waals surface area contributed by atoms with E-state index in [2.05, 4.69) is 6.92 Å². The molecule has 0 aliphatic heterocycles. The predicted octanol–water partition coefficient (Wildman–Crippen LogP) is 7.17. The maximum Gasteiger partial charge on any atom is 0.473 e. The highest BCUT2D eigenvalue weighted by atomic mass is 31.2. The molecule has 0 aliphatic carbocycles. The first kappa shape index (κ1) is 42.1. The van der Waals surface area contributed by atoms with Crippen molar-refractivity contribution in [3.63, 3.8) is 0 Å². The van der Waals surface area contributed by atoms with Crippen LogP contribution in [0.2, 0.25) is 0 Å². The Morgan fingerprint density at radius 1 is 0.721 bits per heavy atom. The number of carbonyl (C=O) groups excluding carboxylic acids is 2. The zero-order chi connectivity index (χ0) is 32.0. The van der Waals surface area contributed by atoms with E-state index in [4.69, 9.17) is 24.3 Å². The number of carbonyl (C=O) groups is 2. The van der Waals surface area contributed by atoms with Gasteiger partial charge in [-0.05, 0) is 19.3 Å². The number of phosphoric acid groups is 1. The average Bonchev–Trinajstić information content (AvgIpc) is 2.99. The summed E-state index contributed by atoms with van der Waals surface area (Å²) >= 11 is 0. The number of nitrogens with two attached hydrogens (primary N) is 1. The fourth-order valence-corrected chi connectivity index (χ4v) is 5.89. The van der Waals surface area contributed by atoms with Crippen molar-refractivity contribution in [3.05, 3.63) is 0 Å². The molecule has 0 spiro atoms. The van der Waals surface area contributed by atoms with E-state index in [-0.39, 0.29) is 26.0 Å². The molecule has 3 atom stereocenters. The fourth-order valence-electron chi connectivity index (χ4n) is 4.96. The number of rotatable bonds is 33. The van der Waals surface area contributed by atoms with Gasteiger partial charge in [-0.1, -0.05) is 116 Å². The van der Waals surface area contributed by atoms with Crippen molar-refractivity contribution in [3.8, 4) is 0 Å². The van der Waals surface area contributed by atoms with Crippen LogP contribution in [-0.2, 0) is 32.7 Å². The molecule has 0 saturated carbocycles. The molecule has 0 aromatic carbocycles. The summed E-state index contributed by atoms with van der Waals surface area (Å²) in [6.07, 6.45) is 19.0. The maximum absolute atomic E-state index is 13.0. The summed E-state index contributed by atoms with van der Waals surface area (Å²) in [5.41, 5.74) is 5.35. The number of Topliss-reactive ketones (excluding diaryl/α,β-unsaturated/α-hetero) is 1. The molecule has 256 valence electrons. The zero-order valence-electron chi connectivity index (χ0n) is 27.3. The van der Waals surface area contributed by atoms with Crippen LogP contribution in [0.25, 0.3) is 0 Å². The lowest BCUT2D eigenvalue weighted by atomic mass is 10.0. The smallest absolute Gasteiger partial charge is 0.457 e. The Bertz CT molecular complexity index is 710. The molecule has 0 saturated heterocycles. The number of unbranched alkanes of at least 4 members (excludes halogenated alkanes) is 18. The van der Waals surface area contributed by atoms with E-state index < -0.39 is 38.4 Å². The van der Waals surface area contributed by atoms with Crippen LogP contribution in [0, 0.1) is 0 Å². The number of ether oxygens (including phenoxy) is 2. The Morgan fingerprint density at radius 3 is 1.65 bits per heavy atom. The van der Waals surface area contributed by atoms with Gasteiger partial charge in [0.2, 0.25) is 0 Å². The standard InChI is InChI=1S/C32H64NO9P/c1-3-4-5-6-7-8-9-11-14-17-20-23-29(35)32(42-43(37,38)40-27-25-33)30(28-34)41-31(36)24-21-18-15-12-10-13-16-19-22-26-39-2/h30,32,34H,3-28,33H2,1-2H3,(H,37,38)/t30-,32?/m0/s1. The largest absolute Gasteiger partial charge is 0.473 e. The highest BCUT2D eigenvalue weighted by Gasteiger charge is 2.38. The number of hydrogen-bond donors (Lipinski definition) is 3. The Hall–Kier alpha value is -0.870. The molecule has 0 aromatic heterocycles. The van der Waals surface area contributed by atoms with Crippen LogP contribution in [0.1, 0.15) is 148 Å². The quantitative estimate of drug-likeness (QED) is 0.0383. The average molecular weight is 638 g/mol. The second-order valence-corrected chi connectivity index (χ2v) is 12.9. The molecule has 4 N–H and O–H groups in total. The van der Waals surface area contributed by atoms with Crippen LogP contribution >= 0.6 is 7.82 Å². The molecule has 0 heterocycles. The molecule has 10 nitrogen and oxygen atoms in total. The molecular formula is C32H64NO9P. The summed E-state index contributed by atoms with van der Waals surface area (Å²) in [5.74, 6) is -1.08. The predicted molar refractivity (Wildman–Crippen MR) is 171 cm³/mol. The van der Waals surface area contributed by atoms with Crippen LogP contribution in [-0.4, -0.2) is 67.4 Å². The number of aliphatic hydroxyl groups excluding tert-OH is 1. The van der Waals surface area contributed by atoms with Gasteiger partial charge in [-0.3, -0.25) is 18.6 Å². The van der Waals surface area contributed by atoms with E-state index >= 15 is 0 Å². The van der Waals surface area contributed by atoms with Crippen LogP contribution in [0.15, 0.2) is 0 Å².